The van der Waals surface area contributed by atoms with Gasteiger partial charge in [0, 0.05) is 0 Å². The van der Waals surface area contributed by atoms with Crippen LogP contribution in [0.15, 0.2) is 24.3 Å². The normalized spacial score (nSPS) is 11.6. The lowest BCUT2D eigenvalue weighted by Crippen LogP contribution is -2.19. The van der Waals surface area contributed by atoms with Gasteiger partial charge >= 0.3 is 0 Å². The van der Waals surface area contributed by atoms with Crippen LogP contribution in [0.2, 0.25) is 0 Å². The average Bonchev–Trinajstić information content (AvgIpc) is 2.02. The molecule has 0 amide bonds. The third-order valence-electron chi connectivity index (χ3n) is 1.96. The number of rotatable bonds is 3. The fraction of sp³-hybridized carbons (Fsp3) is 0.455. The first-order valence-corrected chi connectivity index (χ1v) is 4.48. The zero-order chi connectivity index (χ0) is 9.90. The minimum atomic E-state index is -0.613. The second-order valence-electron chi connectivity index (χ2n) is 3.98. The first-order valence-electron chi connectivity index (χ1n) is 4.48. The summed E-state index contributed by atoms with van der Waals surface area (Å²) in [5.74, 6) is 0.284. The Morgan fingerprint density at radius 2 is 1.69 bits per heavy atom. The summed E-state index contributed by atoms with van der Waals surface area (Å²) in [5, 5.41) is 18.5. The number of phenols is 1. The molecular weight excluding hydrogens is 164 g/mol. The smallest absolute Gasteiger partial charge is 0.115 e. The molecule has 1 aromatic rings. The third kappa shape index (κ3) is 3.95. The highest BCUT2D eigenvalue weighted by Gasteiger charge is 2.11. The fourth-order valence-electron chi connectivity index (χ4n) is 1.11. The Bertz CT molecular complexity index is 256. The van der Waals surface area contributed by atoms with Crippen molar-refractivity contribution in [3.8, 4) is 5.75 Å². The Hall–Kier alpha value is -1.02. The van der Waals surface area contributed by atoms with Crippen molar-refractivity contribution in [1.29, 1.82) is 0 Å². The molecule has 0 heterocycles. The van der Waals surface area contributed by atoms with Crippen molar-refractivity contribution in [3.05, 3.63) is 29.8 Å². The van der Waals surface area contributed by atoms with E-state index in [1.807, 2.05) is 12.1 Å². The molecule has 0 aliphatic heterocycles. The molecule has 72 valence electrons. The maximum atomic E-state index is 9.48. The van der Waals surface area contributed by atoms with E-state index in [4.69, 9.17) is 5.11 Å². The standard InChI is InChI=1S/C11H16O2/c1-11(2,13)8-7-9-3-5-10(12)6-4-9/h3-6,12-13H,7-8H2,1-2H3. The lowest BCUT2D eigenvalue weighted by molar-refractivity contribution is 0.0714. The van der Waals surface area contributed by atoms with Crippen molar-refractivity contribution in [1.82, 2.24) is 0 Å². The van der Waals surface area contributed by atoms with Gasteiger partial charge < -0.3 is 10.2 Å². The molecule has 0 aromatic heterocycles. The number of aromatic hydroxyl groups is 1. The van der Waals surface area contributed by atoms with Crippen LogP contribution < -0.4 is 0 Å². The number of hydrogen-bond acceptors (Lipinski definition) is 2. The van der Waals surface area contributed by atoms with Crippen LogP contribution in [0.4, 0.5) is 0 Å². The molecule has 13 heavy (non-hydrogen) atoms. The first-order chi connectivity index (χ1) is 5.97. The third-order valence-corrected chi connectivity index (χ3v) is 1.96. The summed E-state index contributed by atoms with van der Waals surface area (Å²) in [4.78, 5) is 0. The summed E-state index contributed by atoms with van der Waals surface area (Å²) in [6, 6.07) is 7.08. The molecule has 0 radical (unpaired) electrons. The molecule has 0 aliphatic rings. The molecule has 0 unspecified atom stereocenters. The molecule has 2 nitrogen and oxygen atoms in total. The van der Waals surface area contributed by atoms with Crippen molar-refractivity contribution in [2.75, 3.05) is 0 Å². The molecule has 2 heteroatoms. The molecule has 0 saturated heterocycles. The van der Waals surface area contributed by atoms with E-state index in [1.54, 1.807) is 26.0 Å². The molecule has 1 aromatic carbocycles. The van der Waals surface area contributed by atoms with Crippen LogP contribution in [0.1, 0.15) is 25.8 Å². The molecule has 0 saturated carbocycles. The van der Waals surface area contributed by atoms with Gasteiger partial charge in [0.1, 0.15) is 5.75 Å². The van der Waals surface area contributed by atoms with E-state index in [-0.39, 0.29) is 5.75 Å². The number of phenolic OH excluding ortho intramolecular Hbond substituents is 1. The first kappa shape index (κ1) is 10.1. The van der Waals surface area contributed by atoms with Crippen LogP contribution in [0.25, 0.3) is 0 Å². The summed E-state index contributed by atoms with van der Waals surface area (Å²) in [6.45, 7) is 3.60. The Labute approximate surface area is 78.8 Å². The van der Waals surface area contributed by atoms with Crippen LogP contribution in [0.5, 0.6) is 5.75 Å². The van der Waals surface area contributed by atoms with Crippen molar-refractivity contribution in [2.45, 2.75) is 32.3 Å². The van der Waals surface area contributed by atoms with E-state index >= 15 is 0 Å². The van der Waals surface area contributed by atoms with Gasteiger partial charge in [-0.1, -0.05) is 12.1 Å². The highest BCUT2D eigenvalue weighted by atomic mass is 16.3. The Kier molecular flexibility index (Phi) is 2.94. The predicted octanol–water partition coefficient (Wildman–Crippen LogP) is 2.10. The van der Waals surface area contributed by atoms with Crippen LogP contribution in [-0.2, 0) is 6.42 Å². The van der Waals surface area contributed by atoms with Crippen LogP contribution in [0, 0.1) is 0 Å². The van der Waals surface area contributed by atoms with Crippen molar-refractivity contribution in [2.24, 2.45) is 0 Å². The van der Waals surface area contributed by atoms with E-state index in [2.05, 4.69) is 0 Å². The second-order valence-corrected chi connectivity index (χ2v) is 3.98. The van der Waals surface area contributed by atoms with Gasteiger partial charge in [0.2, 0.25) is 0 Å². The Balaban J connectivity index is 2.51. The maximum absolute atomic E-state index is 9.48. The molecule has 0 atom stereocenters. The minimum Gasteiger partial charge on any atom is -0.508 e. The molecule has 0 bridgehead atoms. The fourth-order valence-corrected chi connectivity index (χ4v) is 1.11. The van der Waals surface area contributed by atoms with E-state index in [9.17, 15) is 5.11 Å². The predicted molar refractivity (Wildman–Crippen MR) is 52.7 cm³/mol. The molecule has 0 fully saturated rings. The summed E-state index contributed by atoms with van der Waals surface area (Å²) in [7, 11) is 0. The molecular formula is C11H16O2. The number of aliphatic hydroxyl groups is 1. The van der Waals surface area contributed by atoms with Gasteiger partial charge in [-0.05, 0) is 44.4 Å². The zero-order valence-electron chi connectivity index (χ0n) is 8.12. The summed E-state index contributed by atoms with van der Waals surface area (Å²) >= 11 is 0. The van der Waals surface area contributed by atoms with Crippen molar-refractivity contribution < 1.29 is 10.2 Å². The Morgan fingerprint density at radius 1 is 1.15 bits per heavy atom. The van der Waals surface area contributed by atoms with Gasteiger partial charge in [0.15, 0.2) is 0 Å². The largest absolute Gasteiger partial charge is 0.508 e. The Morgan fingerprint density at radius 3 is 2.15 bits per heavy atom. The molecule has 1 rings (SSSR count). The van der Waals surface area contributed by atoms with E-state index in [0.29, 0.717) is 0 Å². The van der Waals surface area contributed by atoms with Gasteiger partial charge in [-0.15, -0.1) is 0 Å². The van der Waals surface area contributed by atoms with E-state index in [1.165, 1.54) is 0 Å². The van der Waals surface area contributed by atoms with Gasteiger partial charge in [0.05, 0.1) is 5.60 Å². The number of aryl methyl sites for hydroxylation is 1. The topological polar surface area (TPSA) is 40.5 Å². The highest BCUT2D eigenvalue weighted by Crippen LogP contribution is 2.15. The SMILES string of the molecule is CC(C)(O)CCc1ccc(O)cc1. The summed E-state index contributed by atoms with van der Waals surface area (Å²) in [6.07, 6.45) is 1.57. The zero-order valence-corrected chi connectivity index (χ0v) is 8.12. The van der Waals surface area contributed by atoms with Crippen molar-refractivity contribution >= 4 is 0 Å². The van der Waals surface area contributed by atoms with Crippen LogP contribution in [0.3, 0.4) is 0 Å². The van der Waals surface area contributed by atoms with Crippen molar-refractivity contribution in [3.63, 3.8) is 0 Å². The highest BCUT2D eigenvalue weighted by molar-refractivity contribution is 5.25. The number of hydrogen-bond donors (Lipinski definition) is 2. The van der Waals surface area contributed by atoms with E-state index < -0.39 is 5.60 Å². The molecule has 0 aliphatic carbocycles. The second kappa shape index (κ2) is 3.79. The molecule has 0 spiro atoms. The lowest BCUT2D eigenvalue weighted by atomic mass is 9.99. The van der Waals surface area contributed by atoms with Gasteiger partial charge in [-0.25, -0.2) is 0 Å². The van der Waals surface area contributed by atoms with Crippen LogP contribution in [-0.4, -0.2) is 15.8 Å². The van der Waals surface area contributed by atoms with Crippen LogP contribution >= 0.6 is 0 Å². The quantitative estimate of drug-likeness (QED) is 0.747. The maximum Gasteiger partial charge on any atom is 0.115 e. The lowest BCUT2D eigenvalue weighted by Gasteiger charge is -2.16. The minimum absolute atomic E-state index is 0.284. The van der Waals surface area contributed by atoms with Gasteiger partial charge in [0.25, 0.3) is 0 Å². The van der Waals surface area contributed by atoms with E-state index in [0.717, 1.165) is 18.4 Å². The summed E-state index contributed by atoms with van der Waals surface area (Å²) < 4.78 is 0. The number of benzene rings is 1. The molecule has 2 N–H and O–H groups in total. The van der Waals surface area contributed by atoms with Gasteiger partial charge in [-0.3, -0.25) is 0 Å². The monoisotopic (exact) mass is 180 g/mol. The average molecular weight is 180 g/mol. The van der Waals surface area contributed by atoms with Gasteiger partial charge in [-0.2, -0.15) is 0 Å². The summed E-state index contributed by atoms with van der Waals surface area (Å²) in [5.41, 5.74) is 0.526.